The molecular formula is C15H19N3O. The topological polar surface area (TPSA) is 47.0 Å². The van der Waals surface area contributed by atoms with Crippen molar-refractivity contribution in [2.45, 2.75) is 19.9 Å². The molecule has 0 spiro atoms. The second-order valence-corrected chi connectivity index (χ2v) is 4.17. The molecule has 19 heavy (non-hydrogen) atoms. The van der Waals surface area contributed by atoms with Crippen molar-refractivity contribution in [3.05, 3.63) is 54.1 Å². The third-order valence-corrected chi connectivity index (χ3v) is 2.82. The van der Waals surface area contributed by atoms with Crippen molar-refractivity contribution < 1.29 is 4.74 Å². The standard InChI is InChI=1S/C15H19N3O/c1-3-18-15(13-9-16-11-17-10-13)12-6-5-7-14(8-12)19-4-2/h5-11,15,18H,3-4H2,1-2H3. The number of nitrogens with one attached hydrogen (secondary N) is 1. The largest absolute Gasteiger partial charge is 0.494 e. The molecule has 0 saturated heterocycles. The van der Waals surface area contributed by atoms with E-state index in [-0.39, 0.29) is 6.04 Å². The number of hydrogen-bond donors (Lipinski definition) is 1. The molecule has 0 bridgehead atoms. The number of ether oxygens (including phenoxy) is 1. The summed E-state index contributed by atoms with van der Waals surface area (Å²) in [6, 6.07) is 8.21. The van der Waals surface area contributed by atoms with Gasteiger partial charge in [0.05, 0.1) is 12.6 Å². The SMILES string of the molecule is CCNC(c1cncnc1)c1cccc(OCC)c1. The van der Waals surface area contributed by atoms with Crippen molar-refractivity contribution in [3.8, 4) is 5.75 Å². The number of nitrogens with zero attached hydrogens (tertiary/aromatic N) is 2. The maximum Gasteiger partial charge on any atom is 0.119 e. The zero-order valence-corrected chi connectivity index (χ0v) is 11.3. The van der Waals surface area contributed by atoms with Crippen LogP contribution in [0.4, 0.5) is 0 Å². The Morgan fingerprint density at radius 1 is 1.16 bits per heavy atom. The maximum atomic E-state index is 5.55. The van der Waals surface area contributed by atoms with E-state index in [0.29, 0.717) is 6.61 Å². The van der Waals surface area contributed by atoms with Gasteiger partial charge in [-0.1, -0.05) is 19.1 Å². The van der Waals surface area contributed by atoms with Gasteiger partial charge in [0.2, 0.25) is 0 Å². The van der Waals surface area contributed by atoms with E-state index in [1.807, 2.05) is 31.5 Å². The van der Waals surface area contributed by atoms with Gasteiger partial charge in [-0.2, -0.15) is 0 Å². The molecule has 0 amide bonds. The van der Waals surface area contributed by atoms with E-state index in [2.05, 4.69) is 34.3 Å². The van der Waals surface area contributed by atoms with E-state index in [1.165, 1.54) is 0 Å². The van der Waals surface area contributed by atoms with Gasteiger partial charge in [0.15, 0.2) is 0 Å². The summed E-state index contributed by atoms with van der Waals surface area (Å²) >= 11 is 0. The summed E-state index contributed by atoms with van der Waals surface area (Å²) in [5.41, 5.74) is 2.21. The normalized spacial score (nSPS) is 12.1. The molecular weight excluding hydrogens is 238 g/mol. The maximum absolute atomic E-state index is 5.55. The van der Waals surface area contributed by atoms with Gasteiger partial charge in [0, 0.05) is 18.0 Å². The quantitative estimate of drug-likeness (QED) is 0.864. The Bertz CT molecular complexity index is 502. The van der Waals surface area contributed by atoms with Crippen LogP contribution in [0.15, 0.2) is 43.0 Å². The monoisotopic (exact) mass is 257 g/mol. The molecule has 0 saturated carbocycles. The van der Waals surface area contributed by atoms with Crippen LogP contribution in [0.5, 0.6) is 5.75 Å². The fourth-order valence-corrected chi connectivity index (χ4v) is 2.04. The molecule has 1 aromatic heterocycles. The summed E-state index contributed by atoms with van der Waals surface area (Å²) in [6.45, 7) is 5.62. The average Bonchev–Trinajstić information content (AvgIpc) is 2.46. The Morgan fingerprint density at radius 2 is 1.95 bits per heavy atom. The van der Waals surface area contributed by atoms with Crippen LogP contribution in [0.1, 0.15) is 31.0 Å². The third kappa shape index (κ3) is 3.51. The highest BCUT2D eigenvalue weighted by Gasteiger charge is 2.13. The molecule has 0 aliphatic heterocycles. The highest BCUT2D eigenvalue weighted by atomic mass is 16.5. The minimum absolute atomic E-state index is 0.0895. The first kappa shape index (κ1) is 13.5. The molecule has 100 valence electrons. The first-order chi connectivity index (χ1) is 9.35. The molecule has 1 N–H and O–H groups in total. The predicted octanol–water partition coefficient (Wildman–Crippen LogP) is 2.57. The van der Waals surface area contributed by atoms with Gasteiger partial charge < -0.3 is 10.1 Å². The molecule has 1 aromatic carbocycles. The zero-order chi connectivity index (χ0) is 13.5. The Kier molecular flexibility index (Phi) is 4.86. The highest BCUT2D eigenvalue weighted by Crippen LogP contribution is 2.24. The van der Waals surface area contributed by atoms with Gasteiger partial charge in [-0.05, 0) is 31.2 Å². The fraction of sp³-hybridized carbons (Fsp3) is 0.333. The van der Waals surface area contributed by atoms with Crippen LogP contribution in [0.25, 0.3) is 0 Å². The Morgan fingerprint density at radius 3 is 2.63 bits per heavy atom. The number of aromatic nitrogens is 2. The summed E-state index contributed by atoms with van der Waals surface area (Å²) in [7, 11) is 0. The van der Waals surface area contributed by atoms with Crippen LogP contribution in [-0.4, -0.2) is 23.1 Å². The van der Waals surface area contributed by atoms with Gasteiger partial charge in [0.25, 0.3) is 0 Å². The van der Waals surface area contributed by atoms with Crippen molar-refractivity contribution in [1.82, 2.24) is 15.3 Å². The van der Waals surface area contributed by atoms with E-state index in [1.54, 1.807) is 6.33 Å². The Balaban J connectivity index is 2.31. The van der Waals surface area contributed by atoms with Gasteiger partial charge in [-0.3, -0.25) is 0 Å². The molecule has 0 radical (unpaired) electrons. The molecule has 4 heteroatoms. The van der Waals surface area contributed by atoms with E-state index >= 15 is 0 Å². The lowest BCUT2D eigenvalue weighted by Gasteiger charge is -2.18. The molecule has 2 rings (SSSR count). The van der Waals surface area contributed by atoms with Crippen molar-refractivity contribution in [1.29, 1.82) is 0 Å². The second kappa shape index (κ2) is 6.85. The first-order valence-electron chi connectivity index (χ1n) is 6.56. The minimum atomic E-state index is 0.0895. The third-order valence-electron chi connectivity index (χ3n) is 2.82. The fourth-order valence-electron chi connectivity index (χ4n) is 2.04. The molecule has 0 aliphatic rings. The van der Waals surface area contributed by atoms with Crippen LogP contribution < -0.4 is 10.1 Å². The van der Waals surface area contributed by atoms with Crippen LogP contribution in [0.2, 0.25) is 0 Å². The van der Waals surface area contributed by atoms with E-state index in [4.69, 9.17) is 4.74 Å². The molecule has 2 aromatic rings. The van der Waals surface area contributed by atoms with E-state index in [0.717, 1.165) is 23.4 Å². The molecule has 0 aliphatic carbocycles. The van der Waals surface area contributed by atoms with Crippen LogP contribution in [0.3, 0.4) is 0 Å². The highest BCUT2D eigenvalue weighted by molar-refractivity contribution is 5.35. The van der Waals surface area contributed by atoms with Crippen molar-refractivity contribution in [2.75, 3.05) is 13.2 Å². The zero-order valence-electron chi connectivity index (χ0n) is 11.3. The summed E-state index contributed by atoms with van der Waals surface area (Å²) < 4.78 is 5.55. The van der Waals surface area contributed by atoms with Gasteiger partial charge in [-0.15, -0.1) is 0 Å². The summed E-state index contributed by atoms with van der Waals surface area (Å²) in [5.74, 6) is 0.889. The van der Waals surface area contributed by atoms with E-state index < -0.39 is 0 Å². The van der Waals surface area contributed by atoms with Gasteiger partial charge in [-0.25, -0.2) is 9.97 Å². The summed E-state index contributed by atoms with van der Waals surface area (Å²) in [6.07, 6.45) is 5.23. The molecule has 1 atom stereocenters. The number of rotatable bonds is 6. The van der Waals surface area contributed by atoms with E-state index in [9.17, 15) is 0 Å². The predicted molar refractivity (Wildman–Crippen MR) is 75.2 cm³/mol. The number of benzene rings is 1. The van der Waals surface area contributed by atoms with Gasteiger partial charge in [0.1, 0.15) is 12.1 Å². The Labute approximate surface area is 113 Å². The van der Waals surface area contributed by atoms with Crippen LogP contribution >= 0.6 is 0 Å². The molecule has 0 fully saturated rings. The lowest BCUT2D eigenvalue weighted by Crippen LogP contribution is -2.22. The number of hydrogen-bond acceptors (Lipinski definition) is 4. The lowest BCUT2D eigenvalue weighted by atomic mass is 10.0. The lowest BCUT2D eigenvalue weighted by molar-refractivity contribution is 0.339. The Hall–Kier alpha value is -1.94. The first-order valence-corrected chi connectivity index (χ1v) is 6.56. The summed E-state index contributed by atoms with van der Waals surface area (Å²) in [5, 5.41) is 3.45. The molecule has 1 heterocycles. The molecule has 1 unspecified atom stereocenters. The summed E-state index contributed by atoms with van der Waals surface area (Å²) in [4.78, 5) is 8.18. The minimum Gasteiger partial charge on any atom is -0.494 e. The van der Waals surface area contributed by atoms with Crippen molar-refractivity contribution in [3.63, 3.8) is 0 Å². The van der Waals surface area contributed by atoms with Crippen LogP contribution in [0, 0.1) is 0 Å². The smallest absolute Gasteiger partial charge is 0.119 e. The second-order valence-electron chi connectivity index (χ2n) is 4.17. The van der Waals surface area contributed by atoms with Crippen molar-refractivity contribution >= 4 is 0 Å². The van der Waals surface area contributed by atoms with Crippen molar-refractivity contribution in [2.24, 2.45) is 0 Å². The molecule has 4 nitrogen and oxygen atoms in total. The average molecular weight is 257 g/mol. The van der Waals surface area contributed by atoms with Gasteiger partial charge >= 0.3 is 0 Å². The van der Waals surface area contributed by atoms with Crippen LogP contribution in [-0.2, 0) is 0 Å².